The number of likely N-dealkylation sites (N-methyl/N-ethyl adjacent to an activating group) is 1. The highest BCUT2D eigenvalue weighted by atomic mass is 35.5. The second kappa shape index (κ2) is 6.42. The van der Waals surface area contributed by atoms with Gasteiger partial charge in [-0.15, -0.1) is 0 Å². The van der Waals surface area contributed by atoms with Crippen molar-refractivity contribution >= 4 is 29.1 Å². The number of hydrogen-bond donors (Lipinski definition) is 1. The van der Waals surface area contributed by atoms with E-state index >= 15 is 0 Å². The number of halogens is 1. The van der Waals surface area contributed by atoms with Gasteiger partial charge in [-0.2, -0.15) is 0 Å². The molecular formula is C18H17ClN2O2. The minimum atomic E-state index is -0.529. The van der Waals surface area contributed by atoms with Crippen molar-refractivity contribution < 1.29 is 9.59 Å². The van der Waals surface area contributed by atoms with Crippen LogP contribution in [0, 0.1) is 0 Å². The van der Waals surface area contributed by atoms with Crippen LogP contribution in [0.5, 0.6) is 0 Å². The van der Waals surface area contributed by atoms with E-state index in [2.05, 4.69) is 5.32 Å². The molecule has 23 heavy (non-hydrogen) atoms. The highest BCUT2D eigenvalue weighted by Gasteiger charge is 2.38. The Bertz CT molecular complexity index is 760. The Morgan fingerprint density at radius 2 is 2.00 bits per heavy atom. The average molecular weight is 329 g/mol. The van der Waals surface area contributed by atoms with E-state index in [1.165, 1.54) is 0 Å². The Labute approximate surface area is 140 Å². The van der Waals surface area contributed by atoms with Crippen LogP contribution >= 0.6 is 11.6 Å². The van der Waals surface area contributed by atoms with Crippen LogP contribution in [0.3, 0.4) is 0 Å². The number of benzene rings is 2. The number of fused-ring (bicyclic) bond motifs is 1. The molecule has 1 aliphatic heterocycles. The number of amides is 2. The molecule has 2 aromatic carbocycles. The summed E-state index contributed by atoms with van der Waals surface area (Å²) in [7, 11) is 0. The molecule has 0 fully saturated rings. The van der Waals surface area contributed by atoms with Gasteiger partial charge in [0.25, 0.3) is 5.91 Å². The molecule has 1 N–H and O–H groups in total. The molecule has 1 atom stereocenters. The summed E-state index contributed by atoms with van der Waals surface area (Å²) in [6, 6.07) is 13.9. The molecule has 5 heteroatoms. The van der Waals surface area contributed by atoms with Crippen molar-refractivity contribution in [2.45, 2.75) is 19.4 Å². The van der Waals surface area contributed by atoms with Crippen molar-refractivity contribution in [3.63, 3.8) is 0 Å². The Kier molecular flexibility index (Phi) is 4.35. The molecule has 0 radical (unpaired) electrons. The number of hydrogen-bond acceptors (Lipinski definition) is 2. The zero-order valence-corrected chi connectivity index (χ0v) is 13.5. The zero-order chi connectivity index (χ0) is 16.4. The first kappa shape index (κ1) is 15.6. The normalized spacial score (nSPS) is 16.1. The highest BCUT2D eigenvalue weighted by molar-refractivity contribution is 6.31. The van der Waals surface area contributed by atoms with Crippen molar-refractivity contribution in [1.82, 2.24) is 5.32 Å². The Morgan fingerprint density at radius 1 is 1.22 bits per heavy atom. The third-order valence-electron chi connectivity index (χ3n) is 3.92. The number of rotatable bonds is 3. The second-order valence-corrected chi connectivity index (χ2v) is 5.87. The van der Waals surface area contributed by atoms with E-state index in [4.69, 9.17) is 11.6 Å². The lowest BCUT2D eigenvalue weighted by atomic mass is 10.1. The lowest BCUT2D eigenvalue weighted by Gasteiger charge is -2.25. The lowest BCUT2D eigenvalue weighted by Crippen LogP contribution is -2.48. The van der Waals surface area contributed by atoms with Gasteiger partial charge < -0.3 is 5.32 Å². The highest BCUT2D eigenvalue weighted by Crippen LogP contribution is 2.33. The summed E-state index contributed by atoms with van der Waals surface area (Å²) in [6.07, 6.45) is 0.522. The van der Waals surface area contributed by atoms with Gasteiger partial charge in [-0.25, -0.2) is 0 Å². The molecule has 118 valence electrons. The fourth-order valence-electron chi connectivity index (χ4n) is 2.90. The van der Waals surface area contributed by atoms with Gasteiger partial charge in [0.1, 0.15) is 6.04 Å². The van der Waals surface area contributed by atoms with Gasteiger partial charge in [-0.05, 0) is 36.8 Å². The number of nitrogens with one attached hydrogen (secondary N) is 1. The number of nitrogens with zero attached hydrogens (tertiary/aromatic N) is 1. The number of para-hydroxylation sites is 1. The molecule has 0 bridgehead atoms. The van der Waals surface area contributed by atoms with Crippen molar-refractivity contribution in [2.24, 2.45) is 0 Å². The zero-order valence-electron chi connectivity index (χ0n) is 12.8. The van der Waals surface area contributed by atoms with Gasteiger partial charge in [-0.3, -0.25) is 14.5 Å². The molecule has 2 amide bonds. The van der Waals surface area contributed by atoms with Gasteiger partial charge in [-0.1, -0.05) is 35.9 Å². The quantitative estimate of drug-likeness (QED) is 0.941. The molecule has 1 unspecified atom stereocenters. The fraction of sp³-hybridized carbons (Fsp3) is 0.222. The largest absolute Gasteiger partial charge is 0.355 e. The molecule has 0 saturated carbocycles. The molecule has 3 rings (SSSR count). The van der Waals surface area contributed by atoms with Gasteiger partial charge in [0.15, 0.2) is 0 Å². The van der Waals surface area contributed by atoms with Gasteiger partial charge in [0.05, 0.1) is 0 Å². The summed E-state index contributed by atoms with van der Waals surface area (Å²) in [5, 5.41) is 3.31. The number of carbonyl (C=O) groups excluding carboxylic acids is 2. The minimum Gasteiger partial charge on any atom is -0.355 e. The summed E-state index contributed by atoms with van der Waals surface area (Å²) in [5.41, 5.74) is 2.26. The standard InChI is InChI=1S/C18H17ClN2O2/c1-2-20-17(22)16-11-12-6-3-4-9-15(12)21(16)18(23)13-7-5-8-14(19)10-13/h3-10,16H,2,11H2,1H3,(H,20,22). The third-order valence-corrected chi connectivity index (χ3v) is 4.16. The van der Waals surface area contributed by atoms with Crippen LogP contribution in [-0.2, 0) is 11.2 Å². The molecule has 0 spiro atoms. The summed E-state index contributed by atoms with van der Waals surface area (Å²) < 4.78 is 0. The molecule has 1 aliphatic rings. The van der Waals surface area contributed by atoms with Crippen molar-refractivity contribution in [3.05, 3.63) is 64.7 Å². The summed E-state index contributed by atoms with van der Waals surface area (Å²) >= 11 is 5.99. The predicted molar refractivity (Wildman–Crippen MR) is 90.9 cm³/mol. The van der Waals surface area contributed by atoms with E-state index in [0.29, 0.717) is 23.6 Å². The SMILES string of the molecule is CCNC(=O)C1Cc2ccccc2N1C(=O)c1cccc(Cl)c1. The Morgan fingerprint density at radius 3 is 2.74 bits per heavy atom. The molecule has 2 aromatic rings. The maximum Gasteiger partial charge on any atom is 0.259 e. The van der Waals surface area contributed by atoms with Crippen molar-refractivity contribution in [3.8, 4) is 0 Å². The molecular weight excluding hydrogens is 312 g/mol. The minimum absolute atomic E-state index is 0.140. The van der Waals surface area contributed by atoms with Gasteiger partial charge in [0, 0.05) is 29.2 Å². The van der Waals surface area contributed by atoms with Crippen LogP contribution in [-0.4, -0.2) is 24.4 Å². The van der Waals surface area contributed by atoms with E-state index in [1.54, 1.807) is 29.2 Å². The Hall–Kier alpha value is -2.33. The third kappa shape index (κ3) is 2.94. The molecule has 4 nitrogen and oxygen atoms in total. The maximum absolute atomic E-state index is 13.0. The van der Waals surface area contributed by atoms with Crippen LogP contribution in [0.1, 0.15) is 22.8 Å². The van der Waals surface area contributed by atoms with Gasteiger partial charge in [0.2, 0.25) is 5.91 Å². The first-order valence-electron chi connectivity index (χ1n) is 7.56. The van der Waals surface area contributed by atoms with Crippen LogP contribution < -0.4 is 10.2 Å². The number of anilines is 1. The average Bonchev–Trinajstić information content (AvgIpc) is 2.94. The predicted octanol–water partition coefficient (Wildman–Crippen LogP) is 3.05. The lowest BCUT2D eigenvalue weighted by molar-refractivity contribution is -0.122. The molecule has 0 aliphatic carbocycles. The van der Waals surface area contributed by atoms with E-state index in [1.807, 2.05) is 31.2 Å². The van der Waals surface area contributed by atoms with Gasteiger partial charge >= 0.3 is 0 Å². The number of carbonyl (C=O) groups is 2. The Balaban J connectivity index is 2.01. The van der Waals surface area contributed by atoms with Crippen LogP contribution in [0.25, 0.3) is 0 Å². The second-order valence-electron chi connectivity index (χ2n) is 5.43. The summed E-state index contributed by atoms with van der Waals surface area (Å²) in [4.78, 5) is 26.9. The smallest absolute Gasteiger partial charge is 0.259 e. The van der Waals surface area contributed by atoms with Crippen LogP contribution in [0.4, 0.5) is 5.69 Å². The summed E-state index contributed by atoms with van der Waals surface area (Å²) in [6.45, 7) is 2.40. The first-order chi connectivity index (χ1) is 11.1. The van der Waals surface area contributed by atoms with Crippen LogP contribution in [0.15, 0.2) is 48.5 Å². The van der Waals surface area contributed by atoms with Crippen molar-refractivity contribution in [1.29, 1.82) is 0 Å². The van der Waals surface area contributed by atoms with E-state index in [9.17, 15) is 9.59 Å². The fourth-order valence-corrected chi connectivity index (χ4v) is 3.09. The first-order valence-corrected chi connectivity index (χ1v) is 7.94. The molecule has 0 aromatic heterocycles. The van der Waals surface area contributed by atoms with Crippen LogP contribution in [0.2, 0.25) is 5.02 Å². The van der Waals surface area contributed by atoms with E-state index < -0.39 is 6.04 Å². The monoisotopic (exact) mass is 328 g/mol. The van der Waals surface area contributed by atoms with Crippen molar-refractivity contribution in [2.75, 3.05) is 11.4 Å². The summed E-state index contributed by atoms with van der Waals surface area (Å²) in [5.74, 6) is -0.354. The molecule has 1 heterocycles. The van der Waals surface area contributed by atoms with E-state index in [-0.39, 0.29) is 11.8 Å². The maximum atomic E-state index is 13.0. The topological polar surface area (TPSA) is 49.4 Å². The van der Waals surface area contributed by atoms with E-state index in [0.717, 1.165) is 11.3 Å². The molecule has 0 saturated heterocycles.